The Morgan fingerprint density at radius 3 is 2.87 bits per heavy atom. The molecule has 3 nitrogen and oxygen atoms in total. The molecule has 2 unspecified atom stereocenters. The van der Waals surface area contributed by atoms with Crippen molar-refractivity contribution in [3.63, 3.8) is 0 Å². The second kappa shape index (κ2) is 3.77. The number of carbonyl (C=O) groups is 1. The van der Waals surface area contributed by atoms with Gasteiger partial charge in [0.25, 0.3) is 0 Å². The van der Waals surface area contributed by atoms with Gasteiger partial charge in [-0.1, -0.05) is 13.0 Å². The van der Waals surface area contributed by atoms with E-state index in [4.69, 9.17) is 5.11 Å². The predicted octanol–water partition coefficient (Wildman–Crippen LogP) is 2.39. The molecule has 0 aromatic heterocycles. The quantitative estimate of drug-likeness (QED) is 0.756. The second-order valence-electron chi connectivity index (χ2n) is 3.70. The standard InChI is InChI=1S/C11H13NO2S/c1-6-8-4-3-7(15-2)5-9(8)12-10(6)11(13)14/h3-6,10,12H,1-2H3,(H,13,14). The molecule has 2 N–H and O–H groups in total. The summed E-state index contributed by atoms with van der Waals surface area (Å²) in [6.07, 6.45) is 2.01. The normalized spacial score (nSPS) is 23.3. The van der Waals surface area contributed by atoms with Gasteiger partial charge in [0.1, 0.15) is 6.04 Å². The molecule has 1 aliphatic rings. The molecule has 0 fully saturated rings. The van der Waals surface area contributed by atoms with Crippen LogP contribution in [0.2, 0.25) is 0 Å². The fourth-order valence-electron chi connectivity index (χ4n) is 1.93. The van der Waals surface area contributed by atoms with Crippen molar-refractivity contribution in [2.45, 2.75) is 23.8 Å². The molecule has 0 radical (unpaired) electrons. The van der Waals surface area contributed by atoms with Crippen LogP contribution in [0.15, 0.2) is 23.1 Å². The molecule has 2 atom stereocenters. The van der Waals surface area contributed by atoms with E-state index in [-0.39, 0.29) is 5.92 Å². The molecule has 0 spiro atoms. The van der Waals surface area contributed by atoms with Crippen LogP contribution in [0.1, 0.15) is 18.4 Å². The number of anilines is 1. The highest BCUT2D eigenvalue weighted by Crippen LogP contribution is 2.37. The van der Waals surface area contributed by atoms with Crippen molar-refractivity contribution < 1.29 is 9.90 Å². The number of hydrogen-bond donors (Lipinski definition) is 2. The first-order valence-electron chi connectivity index (χ1n) is 4.80. The lowest BCUT2D eigenvalue weighted by Gasteiger charge is -2.09. The first kappa shape index (κ1) is 10.4. The summed E-state index contributed by atoms with van der Waals surface area (Å²) in [5.41, 5.74) is 2.06. The number of hydrogen-bond acceptors (Lipinski definition) is 3. The van der Waals surface area contributed by atoms with E-state index >= 15 is 0 Å². The Labute approximate surface area is 92.9 Å². The molecule has 1 aliphatic heterocycles. The lowest BCUT2D eigenvalue weighted by atomic mass is 9.97. The molecule has 2 rings (SSSR count). The summed E-state index contributed by atoms with van der Waals surface area (Å²) in [7, 11) is 0. The summed E-state index contributed by atoms with van der Waals surface area (Å²) in [5, 5.41) is 12.1. The minimum atomic E-state index is -0.788. The van der Waals surface area contributed by atoms with E-state index in [1.165, 1.54) is 0 Å². The largest absolute Gasteiger partial charge is 0.480 e. The topological polar surface area (TPSA) is 49.3 Å². The van der Waals surface area contributed by atoms with E-state index in [1.54, 1.807) is 11.8 Å². The van der Waals surface area contributed by atoms with Crippen LogP contribution in [0.4, 0.5) is 5.69 Å². The summed E-state index contributed by atoms with van der Waals surface area (Å²) in [5.74, 6) is -0.752. The van der Waals surface area contributed by atoms with E-state index in [0.29, 0.717) is 0 Å². The monoisotopic (exact) mass is 223 g/mol. The van der Waals surface area contributed by atoms with Crippen LogP contribution in [0.5, 0.6) is 0 Å². The summed E-state index contributed by atoms with van der Waals surface area (Å²) >= 11 is 1.66. The average molecular weight is 223 g/mol. The molecule has 80 valence electrons. The van der Waals surface area contributed by atoms with E-state index in [1.807, 2.05) is 31.4 Å². The molecule has 15 heavy (non-hydrogen) atoms. The second-order valence-corrected chi connectivity index (χ2v) is 4.58. The number of carboxylic acids is 1. The Hall–Kier alpha value is -1.16. The third-order valence-electron chi connectivity index (χ3n) is 2.83. The van der Waals surface area contributed by atoms with Crippen molar-refractivity contribution in [1.29, 1.82) is 0 Å². The van der Waals surface area contributed by atoms with Crippen molar-refractivity contribution in [2.75, 3.05) is 11.6 Å². The van der Waals surface area contributed by atoms with Crippen molar-refractivity contribution in [3.05, 3.63) is 23.8 Å². The van der Waals surface area contributed by atoms with Gasteiger partial charge in [-0.2, -0.15) is 0 Å². The van der Waals surface area contributed by atoms with Crippen LogP contribution in [-0.2, 0) is 4.79 Å². The van der Waals surface area contributed by atoms with Gasteiger partial charge in [-0.05, 0) is 24.0 Å². The first-order valence-corrected chi connectivity index (χ1v) is 6.03. The van der Waals surface area contributed by atoms with E-state index < -0.39 is 12.0 Å². The third-order valence-corrected chi connectivity index (χ3v) is 3.55. The number of thioether (sulfide) groups is 1. The number of rotatable bonds is 2. The van der Waals surface area contributed by atoms with Gasteiger partial charge in [0, 0.05) is 16.5 Å². The summed E-state index contributed by atoms with van der Waals surface area (Å²) in [4.78, 5) is 12.1. The molecule has 1 aromatic carbocycles. The van der Waals surface area contributed by atoms with E-state index in [0.717, 1.165) is 16.1 Å². The van der Waals surface area contributed by atoms with Crippen molar-refractivity contribution in [3.8, 4) is 0 Å². The highest BCUT2D eigenvalue weighted by Gasteiger charge is 2.33. The molecular formula is C11H13NO2S. The molecule has 0 saturated carbocycles. The molecule has 1 heterocycles. The Kier molecular flexibility index (Phi) is 2.61. The number of benzene rings is 1. The predicted molar refractivity (Wildman–Crippen MR) is 61.7 cm³/mol. The maximum atomic E-state index is 11.0. The van der Waals surface area contributed by atoms with Crippen LogP contribution >= 0.6 is 11.8 Å². The zero-order valence-corrected chi connectivity index (χ0v) is 9.47. The fourth-order valence-corrected chi connectivity index (χ4v) is 2.37. The molecule has 0 aliphatic carbocycles. The minimum Gasteiger partial charge on any atom is -0.480 e. The SMILES string of the molecule is CSc1ccc2c(c1)NC(C(=O)O)C2C. The van der Waals surface area contributed by atoms with Crippen LogP contribution in [0.3, 0.4) is 0 Å². The third kappa shape index (κ3) is 1.69. The zero-order chi connectivity index (χ0) is 11.0. The average Bonchev–Trinajstić information content (AvgIpc) is 2.55. The molecule has 0 amide bonds. The van der Waals surface area contributed by atoms with Crippen LogP contribution < -0.4 is 5.32 Å². The smallest absolute Gasteiger partial charge is 0.326 e. The summed E-state index contributed by atoms with van der Waals surface area (Å²) < 4.78 is 0. The van der Waals surface area contributed by atoms with Gasteiger partial charge in [0.15, 0.2) is 0 Å². The number of fused-ring (bicyclic) bond motifs is 1. The zero-order valence-electron chi connectivity index (χ0n) is 8.65. The van der Waals surface area contributed by atoms with Gasteiger partial charge in [-0.3, -0.25) is 0 Å². The Balaban J connectivity index is 2.36. The highest BCUT2D eigenvalue weighted by atomic mass is 32.2. The number of aliphatic carboxylic acids is 1. The van der Waals surface area contributed by atoms with Gasteiger partial charge in [-0.25, -0.2) is 4.79 Å². The lowest BCUT2D eigenvalue weighted by Crippen LogP contribution is -2.28. The maximum Gasteiger partial charge on any atom is 0.326 e. The van der Waals surface area contributed by atoms with Gasteiger partial charge in [0.2, 0.25) is 0 Å². The van der Waals surface area contributed by atoms with Crippen molar-refractivity contribution >= 4 is 23.4 Å². The molecule has 0 bridgehead atoms. The molecular weight excluding hydrogens is 210 g/mol. The summed E-state index contributed by atoms with van der Waals surface area (Å²) in [6, 6.07) is 5.57. The van der Waals surface area contributed by atoms with Gasteiger partial charge >= 0.3 is 5.97 Å². The highest BCUT2D eigenvalue weighted by molar-refractivity contribution is 7.98. The van der Waals surface area contributed by atoms with Gasteiger partial charge in [-0.15, -0.1) is 11.8 Å². The minimum absolute atomic E-state index is 0.0356. The lowest BCUT2D eigenvalue weighted by molar-refractivity contribution is -0.138. The van der Waals surface area contributed by atoms with Crippen LogP contribution in [0, 0.1) is 0 Å². The molecule has 0 saturated heterocycles. The number of nitrogens with one attached hydrogen (secondary N) is 1. The fraction of sp³-hybridized carbons (Fsp3) is 0.364. The number of carboxylic acid groups (broad SMARTS) is 1. The molecule has 4 heteroatoms. The summed E-state index contributed by atoms with van der Waals surface area (Å²) in [6.45, 7) is 1.94. The maximum absolute atomic E-state index is 11.0. The van der Waals surface area contributed by atoms with E-state index in [9.17, 15) is 4.79 Å². The van der Waals surface area contributed by atoms with Gasteiger partial charge < -0.3 is 10.4 Å². The van der Waals surface area contributed by atoms with Crippen LogP contribution in [0.25, 0.3) is 0 Å². The Morgan fingerprint density at radius 2 is 2.27 bits per heavy atom. The van der Waals surface area contributed by atoms with Crippen molar-refractivity contribution in [1.82, 2.24) is 0 Å². The molecule has 1 aromatic rings. The Morgan fingerprint density at radius 1 is 1.53 bits per heavy atom. The van der Waals surface area contributed by atoms with Gasteiger partial charge in [0.05, 0.1) is 0 Å². The van der Waals surface area contributed by atoms with E-state index in [2.05, 4.69) is 5.32 Å². The Bertz CT molecular complexity index is 406. The first-order chi connectivity index (χ1) is 7.13. The van der Waals surface area contributed by atoms with Crippen LogP contribution in [-0.4, -0.2) is 23.4 Å². The van der Waals surface area contributed by atoms with Crippen molar-refractivity contribution in [2.24, 2.45) is 0 Å².